The summed E-state index contributed by atoms with van der Waals surface area (Å²) in [5, 5.41) is 0. The molecule has 0 aliphatic heterocycles. The van der Waals surface area contributed by atoms with Gasteiger partial charge in [0.1, 0.15) is 6.29 Å². The number of aldehydes is 1. The molecule has 0 heterocycles. The van der Waals surface area contributed by atoms with Gasteiger partial charge in [-0.3, -0.25) is 4.79 Å². The molecule has 0 saturated carbocycles. The number of ether oxygens (including phenoxy) is 2. The Morgan fingerprint density at radius 1 is 1.18 bits per heavy atom. The van der Waals surface area contributed by atoms with Crippen LogP contribution in [0.15, 0.2) is 23.8 Å². The third-order valence-corrected chi connectivity index (χ3v) is 2.54. The van der Waals surface area contributed by atoms with Gasteiger partial charge in [-0.2, -0.15) is 0 Å². The summed E-state index contributed by atoms with van der Waals surface area (Å²) in [5.74, 6) is 1.55. The van der Waals surface area contributed by atoms with E-state index in [0.717, 1.165) is 17.4 Å². The lowest BCUT2D eigenvalue weighted by Gasteiger charge is -2.09. The second-order valence-electron chi connectivity index (χ2n) is 4.03. The number of carbonyl (C=O) groups excluding carboxylic acids is 1. The summed E-state index contributed by atoms with van der Waals surface area (Å²) < 4.78 is 10.4. The number of allylic oxidation sites excluding steroid dienone is 1. The van der Waals surface area contributed by atoms with Crippen LogP contribution in [0.3, 0.4) is 0 Å². The Morgan fingerprint density at radius 2 is 1.82 bits per heavy atom. The van der Waals surface area contributed by atoms with E-state index in [-0.39, 0.29) is 5.92 Å². The topological polar surface area (TPSA) is 35.5 Å². The molecule has 0 saturated heterocycles. The van der Waals surface area contributed by atoms with Gasteiger partial charge in [-0.25, -0.2) is 0 Å². The highest BCUT2D eigenvalue weighted by molar-refractivity contribution is 5.82. The number of hydrogen-bond donors (Lipinski definition) is 0. The van der Waals surface area contributed by atoms with Crippen molar-refractivity contribution in [1.82, 2.24) is 0 Å². The highest BCUT2D eigenvalue weighted by atomic mass is 16.5. The number of rotatable bonds is 5. The van der Waals surface area contributed by atoms with Gasteiger partial charge in [0, 0.05) is 0 Å². The minimum atomic E-state index is 0.209. The first-order valence-corrected chi connectivity index (χ1v) is 5.51. The van der Waals surface area contributed by atoms with E-state index < -0.39 is 0 Å². The van der Waals surface area contributed by atoms with Gasteiger partial charge in [0.05, 0.1) is 14.2 Å². The van der Waals surface area contributed by atoms with Crippen LogP contribution < -0.4 is 9.47 Å². The molecule has 0 N–H and O–H groups in total. The zero-order chi connectivity index (χ0) is 12.8. The number of hydrogen-bond acceptors (Lipinski definition) is 3. The normalized spacial score (nSPS) is 11.5. The van der Waals surface area contributed by atoms with Crippen molar-refractivity contribution in [1.29, 1.82) is 0 Å². The van der Waals surface area contributed by atoms with Crippen LogP contribution >= 0.6 is 0 Å². The van der Waals surface area contributed by atoms with Gasteiger partial charge in [-0.1, -0.05) is 19.9 Å². The molecule has 0 aliphatic carbocycles. The predicted octanol–water partition coefficient (Wildman–Crippen LogP) is 2.94. The maximum absolute atomic E-state index is 10.9. The number of carbonyl (C=O) groups is 1. The summed E-state index contributed by atoms with van der Waals surface area (Å²) >= 11 is 0. The van der Waals surface area contributed by atoms with Gasteiger partial charge in [0.2, 0.25) is 0 Å². The second kappa shape index (κ2) is 6.09. The lowest BCUT2D eigenvalue weighted by Crippen LogP contribution is -1.95. The van der Waals surface area contributed by atoms with Crippen LogP contribution in [0.4, 0.5) is 0 Å². The van der Waals surface area contributed by atoms with Crippen molar-refractivity contribution in [2.75, 3.05) is 14.2 Å². The van der Waals surface area contributed by atoms with E-state index in [4.69, 9.17) is 9.47 Å². The fourth-order valence-electron chi connectivity index (χ4n) is 1.47. The molecule has 0 aliphatic rings. The Morgan fingerprint density at radius 3 is 2.29 bits per heavy atom. The molecule has 3 nitrogen and oxygen atoms in total. The molecule has 17 heavy (non-hydrogen) atoms. The zero-order valence-corrected chi connectivity index (χ0v) is 10.7. The maximum atomic E-state index is 10.9. The monoisotopic (exact) mass is 234 g/mol. The first kappa shape index (κ1) is 13.3. The molecular weight excluding hydrogens is 216 g/mol. The minimum Gasteiger partial charge on any atom is -0.493 e. The molecule has 0 atom stereocenters. The van der Waals surface area contributed by atoms with Crippen molar-refractivity contribution in [3.63, 3.8) is 0 Å². The maximum Gasteiger partial charge on any atom is 0.161 e. The van der Waals surface area contributed by atoms with Crippen LogP contribution in [-0.4, -0.2) is 20.5 Å². The number of benzene rings is 1. The van der Waals surface area contributed by atoms with Gasteiger partial charge < -0.3 is 9.47 Å². The third kappa shape index (κ3) is 3.34. The largest absolute Gasteiger partial charge is 0.493 e. The molecule has 0 bridgehead atoms. The van der Waals surface area contributed by atoms with Crippen molar-refractivity contribution in [3.8, 4) is 11.5 Å². The molecule has 0 radical (unpaired) electrons. The van der Waals surface area contributed by atoms with Crippen molar-refractivity contribution in [3.05, 3.63) is 29.3 Å². The highest BCUT2D eigenvalue weighted by Crippen LogP contribution is 2.28. The molecule has 0 aromatic heterocycles. The van der Waals surface area contributed by atoms with E-state index in [1.54, 1.807) is 14.2 Å². The quantitative estimate of drug-likeness (QED) is 0.580. The van der Waals surface area contributed by atoms with Crippen molar-refractivity contribution in [2.24, 2.45) is 5.92 Å². The molecule has 0 amide bonds. The first-order valence-electron chi connectivity index (χ1n) is 5.51. The molecule has 92 valence electrons. The molecule has 1 aromatic rings. The second-order valence-corrected chi connectivity index (χ2v) is 4.03. The smallest absolute Gasteiger partial charge is 0.161 e. The van der Waals surface area contributed by atoms with E-state index in [2.05, 4.69) is 0 Å². The van der Waals surface area contributed by atoms with Crippen LogP contribution in [0.1, 0.15) is 19.4 Å². The molecular formula is C14H18O3. The summed E-state index contributed by atoms with van der Waals surface area (Å²) in [6.07, 6.45) is 2.75. The Labute approximate surface area is 102 Å². The molecule has 1 rings (SSSR count). The lowest BCUT2D eigenvalue weighted by molar-refractivity contribution is -0.105. The summed E-state index contributed by atoms with van der Waals surface area (Å²) in [7, 11) is 3.19. The molecule has 3 heteroatoms. The van der Waals surface area contributed by atoms with Crippen LogP contribution in [0, 0.1) is 5.92 Å². The Hall–Kier alpha value is -1.77. The van der Waals surface area contributed by atoms with E-state index in [1.165, 1.54) is 0 Å². The Kier molecular flexibility index (Phi) is 4.76. The lowest BCUT2D eigenvalue weighted by atomic mass is 10.0. The van der Waals surface area contributed by atoms with Gasteiger partial charge >= 0.3 is 0 Å². The Balaban J connectivity index is 3.11. The molecule has 1 aromatic carbocycles. The van der Waals surface area contributed by atoms with Crippen molar-refractivity contribution < 1.29 is 14.3 Å². The fraction of sp³-hybridized carbons (Fsp3) is 0.357. The van der Waals surface area contributed by atoms with E-state index in [1.807, 2.05) is 38.1 Å². The molecule has 0 fully saturated rings. The van der Waals surface area contributed by atoms with Crippen molar-refractivity contribution in [2.45, 2.75) is 13.8 Å². The Bertz CT molecular complexity index is 419. The predicted molar refractivity (Wildman–Crippen MR) is 68.4 cm³/mol. The van der Waals surface area contributed by atoms with Crippen LogP contribution in [0.25, 0.3) is 6.08 Å². The minimum absolute atomic E-state index is 0.209. The standard InChI is InChI=1S/C14H18O3/c1-10(2)12(9-15)7-11-5-6-13(16-3)14(8-11)17-4/h5-10H,1-4H3. The summed E-state index contributed by atoms with van der Waals surface area (Å²) in [6.45, 7) is 3.97. The summed E-state index contributed by atoms with van der Waals surface area (Å²) in [4.78, 5) is 10.9. The van der Waals surface area contributed by atoms with Gasteiger partial charge in [0.25, 0.3) is 0 Å². The molecule has 0 spiro atoms. The van der Waals surface area contributed by atoms with E-state index in [9.17, 15) is 4.79 Å². The highest BCUT2D eigenvalue weighted by Gasteiger charge is 2.05. The van der Waals surface area contributed by atoms with Crippen LogP contribution in [0.2, 0.25) is 0 Å². The van der Waals surface area contributed by atoms with Gasteiger partial charge in [-0.15, -0.1) is 0 Å². The SMILES string of the molecule is COc1ccc(C=C(C=O)C(C)C)cc1OC. The molecule has 0 unspecified atom stereocenters. The third-order valence-electron chi connectivity index (χ3n) is 2.54. The van der Waals surface area contributed by atoms with E-state index >= 15 is 0 Å². The average molecular weight is 234 g/mol. The number of methoxy groups -OCH3 is 2. The van der Waals surface area contributed by atoms with Crippen LogP contribution in [0.5, 0.6) is 11.5 Å². The fourth-order valence-corrected chi connectivity index (χ4v) is 1.47. The van der Waals surface area contributed by atoms with Gasteiger partial charge in [0.15, 0.2) is 11.5 Å². The average Bonchev–Trinajstić information content (AvgIpc) is 2.35. The van der Waals surface area contributed by atoms with Gasteiger partial charge in [-0.05, 0) is 35.3 Å². The van der Waals surface area contributed by atoms with Crippen LogP contribution in [-0.2, 0) is 4.79 Å². The first-order chi connectivity index (χ1) is 8.12. The van der Waals surface area contributed by atoms with Crippen molar-refractivity contribution >= 4 is 12.4 Å². The summed E-state index contributed by atoms with van der Waals surface area (Å²) in [5.41, 5.74) is 1.69. The zero-order valence-electron chi connectivity index (χ0n) is 10.7. The summed E-state index contributed by atoms with van der Waals surface area (Å²) in [6, 6.07) is 5.57. The van der Waals surface area contributed by atoms with E-state index in [0.29, 0.717) is 11.5 Å².